The second-order valence-electron chi connectivity index (χ2n) is 9.44. The maximum Gasteiger partial charge on any atom is 0.229 e. The number of ether oxygens (including phenoxy) is 1. The molecule has 9 heteroatoms. The van der Waals surface area contributed by atoms with Gasteiger partial charge < -0.3 is 19.5 Å². The summed E-state index contributed by atoms with van der Waals surface area (Å²) in [5, 5.41) is 4.26. The van der Waals surface area contributed by atoms with Gasteiger partial charge >= 0.3 is 0 Å². The molecule has 1 aliphatic rings. The lowest BCUT2D eigenvalue weighted by atomic mass is 10.0. The van der Waals surface area contributed by atoms with Crippen LogP contribution in [0.3, 0.4) is 0 Å². The summed E-state index contributed by atoms with van der Waals surface area (Å²) in [4.78, 5) is 16.5. The van der Waals surface area contributed by atoms with Crippen LogP contribution in [0, 0.1) is 13.8 Å². The van der Waals surface area contributed by atoms with Crippen LogP contribution in [0.1, 0.15) is 16.7 Å². The molecule has 0 radical (unpaired) electrons. The molecule has 36 heavy (non-hydrogen) atoms. The number of imidazole rings is 1. The van der Waals surface area contributed by atoms with E-state index in [9.17, 15) is 4.57 Å². The average molecular weight is 503 g/mol. The van der Waals surface area contributed by atoms with Gasteiger partial charge in [0.05, 0.1) is 13.2 Å². The number of aromatic nitrogens is 4. The van der Waals surface area contributed by atoms with Crippen molar-refractivity contribution in [1.29, 1.82) is 0 Å². The van der Waals surface area contributed by atoms with Crippen LogP contribution in [-0.4, -0.2) is 59.2 Å². The lowest BCUT2D eigenvalue weighted by molar-refractivity contribution is 0.122. The third kappa shape index (κ3) is 5.06. The normalized spacial score (nSPS) is 14.6. The van der Waals surface area contributed by atoms with Gasteiger partial charge in [-0.1, -0.05) is 18.2 Å². The Labute approximate surface area is 211 Å². The minimum Gasteiger partial charge on any atom is -0.378 e. The van der Waals surface area contributed by atoms with E-state index in [1.807, 2.05) is 35.0 Å². The van der Waals surface area contributed by atoms with E-state index < -0.39 is 7.14 Å². The molecule has 0 spiro atoms. The van der Waals surface area contributed by atoms with E-state index in [0.29, 0.717) is 30.5 Å². The Morgan fingerprint density at radius 1 is 1.00 bits per heavy atom. The summed E-state index contributed by atoms with van der Waals surface area (Å²) < 4.78 is 19.9. The van der Waals surface area contributed by atoms with E-state index in [1.54, 1.807) is 19.7 Å². The molecular formula is C27H31N6O2P. The monoisotopic (exact) mass is 502 g/mol. The highest BCUT2D eigenvalue weighted by Crippen LogP contribution is 2.35. The number of morpholine rings is 1. The minimum absolute atomic E-state index is 0.629. The molecule has 1 saturated heterocycles. The SMILES string of the molecule is Cc1cccc(C)c1C=Cn1cnc2c(Nc3ccc(P(C)(C)=O)cc3)nc(N3CCOCC3)nc21. The summed E-state index contributed by atoms with van der Waals surface area (Å²) >= 11 is 0. The molecule has 3 heterocycles. The summed E-state index contributed by atoms with van der Waals surface area (Å²) in [5.74, 6) is 1.27. The standard InChI is InChI=1S/C27H31N6O2P/c1-19-6-5-7-20(2)23(19)12-13-33-18-28-24-25(29-21-8-10-22(11-9-21)36(3,4)34)30-27(31-26(24)33)32-14-16-35-17-15-32/h5-13,18H,14-17H2,1-4H3,(H,29,30,31). The second-order valence-corrected chi connectivity index (χ2v) is 12.7. The van der Waals surface area contributed by atoms with Crippen LogP contribution in [0.4, 0.5) is 17.5 Å². The summed E-state index contributed by atoms with van der Waals surface area (Å²) in [7, 11) is -2.32. The van der Waals surface area contributed by atoms with Crippen molar-refractivity contribution in [2.24, 2.45) is 0 Å². The molecule has 0 unspecified atom stereocenters. The number of anilines is 3. The van der Waals surface area contributed by atoms with Crippen LogP contribution in [-0.2, 0) is 9.30 Å². The van der Waals surface area contributed by atoms with Gasteiger partial charge in [0.25, 0.3) is 0 Å². The lowest BCUT2D eigenvalue weighted by Crippen LogP contribution is -2.37. The maximum absolute atomic E-state index is 12.4. The first kappa shape index (κ1) is 24.2. The predicted molar refractivity (Wildman–Crippen MR) is 148 cm³/mol. The van der Waals surface area contributed by atoms with Crippen molar-refractivity contribution in [2.75, 3.05) is 49.8 Å². The smallest absolute Gasteiger partial charge is 0.229 e. The van der Waals surface area contributed by atoms with Gasteiger partial charge in [0.2, 0.25) is 5.95 Å². The molecule has 0 bridgehead atoms. The molecule has 2 aromatic carbocycles. The van der Waals surface area contributed by atoms with Crippen molar-refractivity contribution in [3.05, 3.63) is 65.5 Å². The van der Waals surface area contributed by atoms with Gasteiger partial charge in [0.1, 0.15) is 13.5 Å². The van der Waals surface area contributed by atoms with E-state index in [2.05, 4.69) is 53.3 Å². The number of hydrogen-bond acceptors (Lipinski definition) is 7. The molecule has 1 aliphatic heterocycles. The van der Waals surface area contributed by atoms with Crippen LogP contribution in [0.25, 0.3) is 23.4 Å². The third-order valence-electron chi connectivity index (χ3n) is 6.40. The zero-order valence-electron chi connectivity index (χ0n) is 21.1. The van der Waals surface area contributed by atoms with Gasteiger partial charge in [-0.05, 0) is 74.2 Å². The number of hydrogen-bond donors (Lipinski definition) is 1. The van der Waals surface area contributed by atoms with Gasteiger partial charge in [-0.25, -0.2) is 4.98 Å². The average Bonchev–Trinajstić information content (AvgIpc) is 3.27. The molecule has 186 valence electrons. The molecule has 0 atom stereocenters. The summed E-state index contributed by atoms with van der Waals surface area (Å²) in [6.07, 6.45) is 5.87. The first-order valence-electron chi connectivity index (χ1n) is 12.0. The number of nitrogens with zero attached hydrogens (tertiary/aromatic N) is 5. The minimum atomic E-state index is -2.32. The second kappa shape index (κ2) is 9.88. The first-order chi connectivity index (χ1) is 17.3. The maximum atomic E-state index is 12.4. The molecule has 0 saturated carbocycles. The fourth-order valence-corrected chi connectivity index (χ4v) is 5.16. The van der Waals surface area contributed by atoms with Crippen LogP contribution in [0.2, 0.25) is 0 Å². The van der Waals surface area contributed by atoms with Gasteiger partial charge in [0.15, 0.2) is 17.0 Å². The van der Waals surface area contributed by atoms with Gasteiger partial charge in [-0.15, -0.1) is 0 Å². The molecule has 5 rings (SSSR count). The molecule has 0 amide bonds. The van der Waals surface area contributed by atoms with Crippen LogP contribution >= 0.6 is 7.14 Å². The first-order valence-corrected chi connectivity index (χ1v) is 14.6. The molecular weight excluding hydrogens is 471 g/mol. The lowest BCUT2D eigenvalue weighted by Gasteiger charge is -2.27. The molecule has 1 fully saturated rings. The van der Waals surface area contributed by atoms with Crippen molar-refractivity contribution in [2.45, 2.75) is 13.8 Å². The van der Waals surface area contributed by atoms with Crippen molar-refractivity contribution in [3.8, 4) is 0 Å². The fraction of sp³-hybridized carbons (Fsp3) is 0.296. The zero-order chi connectivity index (χ0) is 25.3. The summed E-state index contributed by atoms with van der Waals surface area (Å²) in [6, 6.07) is 13.9. The van der Waals surface area contributed by atoms with Crippen molar-refractivity contribution >= 4 is 53.3 Å². The number of nitrogens with one attached hydrogen (secondary N) is 1. The van der Waals surface area contributed by atoms with Gasteiger partial charge in [-0.2, -0.15) is 9.97 Å². The topological polar surface area (TPSA) is 85.2 Å². The summed E-state index contributed by atoms with van der Waals surface area (Å²) in [6.45, 7) is 10.5. The Morgan fingerprint density at radius 3 is 2.36 bits per heavy atom. The van der Waals surface area contributed by atoms with E-state index >= 15 is 0 Å². The molecule has 4 aromatic rings. The number of benzene rings is 2. The van der Waals surface area contributed by atoms with E-state index in [4.69, 9.17) is 14.7 Å². The summed E-state index contributed by atoms with van der Waals surface area (Å²) in [5.41, 5.74) is 5.87. The quantitative estimate of drug-likeness (QED) is 0.376. The van der Waals surface area contributed by atoms with Gasteiger partial charge in [-0.3, -0.25) is 4.57 Å². The molecule has 0 aliphatic carbocycles. The Balaban J connectivity index is 1.55. The number of aryl methyl sites for hydroxylation is 2. The molecule has 1 N–H and O–H groups in total. The van der Waals surface area contributed by atoms with Crippen LogP contribution in [0.15, 0.2) is 48.8 Å². The Hall–Kier alpha value is -3.48. The fourth-order valence-electron chi connectivity index (χ4n) is 4.29. The van der Waals surface area contributed by atoms with Crippen molar-refractivity contribution in [3.63, 3.8) is 0 Å². The van der Waals surface area contributed by atoms with Gasteiger partial charge in [0, 0.05) is 30.3 Å². The highest BCUT2D eigenvalue weighted by atomic mass is 31.2. The Kier molecular flexibility index (Phi) is 6.65. The van der Waals surface area contributed by atoms with E-state index in [-0.39, 0.29) is 0 Å². The number of rotatable bonds is 6. The third-order valence-corrected chi connectivity index (χ3v) is 7.94. The van der Waals surface area contributed by atoms with Crippen molar-refractivity contribution < 1.29 is 9.30 Å². The largest absolute Gasteiger partial charge is 0.378 e. The van der Waals surface area contributed by atoms with Crippen LogP contribution < -0.4 is 15.5 Å². The predicted octanol–water partition coefficient (Wildman–Crippen LogP) is 4.90. The number of fused-ring (bicyclic) bond motifs is 1. The highest BCUT2D eigenvalue weighted by molar-refractivity contribution is 7.70. The highest BCUT2D eigenvalue weighted by Gasteiger charge is 2.19. The molecule has 8 nitrogen and oxygen atoms in total. The van der Waals surface area contributed by atoms with E-state index in [1.165, 1.54) is 16.7 Å². The Bertz CT molecular complexity index is 1450. The zero-order valence-corrected chi connectivity index (χ0v) is 22.0. The van der Waals surface area contributed by atoms with Crippen LogP contribution in [0.5, 0.6) is 0 Å². The van der Waals surface area contributed by atoms with Crippen molar-refractivity contribution in [1.82, 2.24) is 19.5 Å². The Morgan fingerprint density at radius 2 is 1.69 bits per heavy atom. The molecule has 2 aromatic heterocycles. The van der Waals surface area contributed by atoms with E-state index in [0.717, 1.165) is 29.7 Å².